The molecule has 0 saturated carbocycles. The number of carbonyl (C=O) groups is 5. The summed E-state index contributed by atoms with van der Waals surface area (Å²) in [5.41, 5.74) is 0.614. The molecule has 9 heteroatoms. The number of piperidine rings is 1. The fourth-order valence-electron chi connectivity index (χ4n) is 3.44. The lowest BCUT2D eigenvalue weighted by Gasteiger charge is -2.30. The highest BCUT2D eigenvalue weighted by Crippen LogP contribution is 2.23. The van der Waals surface area contributed by atoms with E-state index in [2.05, 4.69) is 0 Å². The third kappa shape index (κ3) is 4.61. The summed E-state index contributed by atoms with van der Waals surface area (Å²) >= 11 is 0. The summed E-state index contributed by atoms with van der Waals surface area (Å²) in [5, 5.41) is 0. The Balaban J connectivity index is 1.49. The smallest absolute Gasteiger partial charge is 0.338 e. The van der Waals surface area contributed by atoms with Crippen LogP contribution in [0.2, 0.25) is 0 Å². The van der Waals surface area contributed by atoms with E-state index in [0.717, 1.165) is 4.90 Å². The number of benzene rings is 1. The van der Waals surface area contributed by atoms with Crippen LogP contribution in [0.25, 0.3) is 0 Å². The SMILES string of the molecule is COC(=O)C1CCN(C(=O)COC(=O)c2ccc(N3C(=O)CCC3=O)cc2)CC1. The van der Waals surface area contributed by atoms with Gasteiger partial charge in [-0.05, 0) is 37.1 Å². The predicted octanol–water partition coefficient (Wildman–Crippen LogP) is 0.908. The Bertz CT molecular complexity index is 810. The van der Waals surface area contributed by atoms with E-state index in [0.29, 0.717) is 31.6 Å². The van der Waals surface area contributed by atoms with Gasteiger partial charge in [-0.15, -0.1) is 0 Å². The van der Waals surface area contributed by atoms with E-state index in [1.54, 1.807) is 4.90 Å². The fraction of sp³-hybridized carbons (Fsp3) is 0.450. The molecule has 1 aromatic rings. The minimum absolute atomic E-state index is 0.182. The van der Waals surface area contributed by atoms with Crippen LogP contribution >= 0.6 is 0 Å². The standard InChI is InChI=1S/C20H22N2O7/c1-28-19(26)14-8-10-21(11-9-14)18(25)12-29-20(27)13-2-4-15(5-3-13)22-16(23)6-7-17(22)24/h2-5,14H,6-12H2,1H3. The number of esters is 2. The molecule has 2 aliphatic rings. The molecule has 0 unspecified atom stereocenters. The summed E-state index contributed by atoms with van der Waals surface area (Å²) in [6.07, 6.45) is 1.40. The fourth-order valence-corrected chi connectivity index (χ4v) is 3.44. The van der Waals surface area contributed by atoms with Crippen molar-refractivity contribution in [3.05, 3.63) is 29.8 Å². The van der Waals surface area contributed by atoms with Gasteiger partial charge >= 0.3 is 11.9 Å². The summed E-state index contributed by atoms with van der Waals surface area (Å²) in [4.78, 5) is 62.1. The number of amides is 3. The topological polar surface area (TPSA) is 110 Å². The van der Waals surface area contributed by atoms with Crippen molar-refractivity contribution >= 4 is 35.3 Å². The van der Waals surface area contributed by atoms with Crippen LogP contribution in [0.1, 0.15) is 36.0 Å². The zero-order valence-electron chi connectivity index (χ0n) is 16.1. The molecule has 3 amide bonds. The molecule has 0 spiro atoms. The van der Waals surface area contributed by atoms with Crippen molar-refractivity contribution in [2.45, 2.75) is 25.7 Å². The van der Waals surface area contributed by atoms with Crippen LogP contribution in [0, 0.1) is 5.92 Å². The van der Waals surface area contributed by atoms with Crippen molar-refractivity contribution < 1.29 is 33.4 Å². The molecular formula is C20H22N2O7. The quantitative estimate of drug-likeness (QED) is 0.532. The van der Waals surface area contributed by atoms with Gasteiger partial charge in [-0.3, -0.25) is 24.1 Å². The largest absolute Gasteiger partial charge is 0.469 e. The molecule has 0 atom stereocenters. The molecule has 0 N–H and O–H groups in total. The van der Waals surface area contributed by atoms with Crippen molar-refractivity contribution in [3.8, 4) is 0 Å². The number of anilines is 1. The van der Waals surface area contributed by atoms with Gasteiger partial charge in [0, 0.05) is 25.9 Å². The van der Waals surface area contributed by atoms with Crippen molar-refractivity contribution in [1.29, 1.82) is 0 Å². The second-order valence-corrected chi connectivity index (χ2v) is 6.92. The van der Waals surface area contributed by atoms with Crippen LogP contribution in [-0.4, -0.2) is 61.4 Å². The Morgan fingerprint density at radius 3 is 2.14 bits per heavy atom. The zero-order valence-corrected chi connectivity index (χ0v) is 16.1. The van der Waals surface area contributed by atoms with E-state index < -0.39 is 12.6 Å². The van der Waals surface area contributed by atoms with Gasteiger partial charge in [-0.2, -0.15) is 0 Å². The molecule has 0 bridgehead atoms. The van der Waals surface area contributed by atoms with Crippen LogP contribution in [0.5, 0.6) is 0 Å². The van der Waals surface area contributed by atoms with Crippen LogP contribution in [0.4, 0.5) is 5.69 Å². The molecule has 0 radical (unpaired) electrons. The molecule has 9 nitrogen and oxygen atoms in total. The van der Waals surface area contributed by atoms with E-state index >= 15 is 0 Å². The van der Waals surface area contributed by atoms with Crippen molar-refractivity contribution in [2.75, 3.05) is 31.7 Å². The number of likely N-dealkylation sites (tertiary alicyclic amines) is 1. The predicted molar refractivity (Wildman–Crippen MR) is 99.8 cm³/mol. The molecule has 2 saturated heterocycles. The van der Waals surface area contributed by atoms with Gasteiger partial charge in [-0.25, -0.2) is 4.79 Å². The molecule has 1 aromatic carbocycles. The number of rotatable bonds is 5. The summed E-state index contributed by atoms with van der Waals surface area (Å²) in [5.74, 6) is -2.03. The lowest BCUT2D eigenvalue weighted by atomic mass is 9.97. The van der Waals surface area contributed by atoms with Crippen molar-refractivity contribution in [2.24, 2.45) is 5.92 Å². The number of imide groups is 1. The van der Waals surface area contributed by atoms with E-state index in [9.17, 15) is 24.0 Å². The van der Waals surface area contributed by atoms with Gasteiger partial charge in [-0.1, -0.05) is 0 Å². The molecular weight excluding hydrogens is 380 g/mol. The van der Waals surface area contributed by atoms with Crippen molar-refractivity contribution in [3.63, 3.8) is 0 Å². The minimum Gasteiger partial charge on any atom is -0.469 e. The summed E-state index contributed by atoms with van der Waals surface area (Å²) in [6, 6.07) is 5.89. The van der Waals surface area contributed by atoms with E-state index in [1.807, 2.05) is 0 Å². The average Bonchev–Trinajstić information content (AvgIpc) is 3.09. The van der Waals surface area contributed by atoms with Crippen LogP contribution in [-0.2, 0) is 28.7 Å². The molecule has 3 rings (SSSR count). The second-order valence-electron chi connectivity index (χ2n) is 6.92. The number of nitrogens with zero attached hydrogens (tertiary/aromatic N) is 2. The first-order valence-electron chi connectivity index (χ1n) is 9.39. The Hall–Kier alpha value is -3.23. The number of carbonyl (C=O) groups excluding carboxylic acids is 5. The zero-order chi connectivity index (χ0) is 21.0. The van der Waals surface area contributed by atoms with Crippen LogP contribution < -0.4 is 4.90 Å². The monoisotopic (exact) mass is 402 g/mol. The van der Waals surface area contributed by atoms with Crippen LogP contribution in [0.3, 0.4) is 0 Å². The van der Waals surface area contributed by atoms with Crippen molar-refractivity contribution in [1.82, 2.24) is 4.90 Å². The third-order valence-corrected chi connectivity index (χ3v) is 5.12. The lowest BCUT2D eigenvalue weighted by molar-refractivity contribution is -0.149. The third-order valence-electron chi connectivity index (χ3n) is 5.12. The first-order chi connectivity index (χ1) is 13.9. The summed E-state index contributed by atoms with van der Waals surface area (Å²) < 4.78 is 9.79. The van der Waals surface area contributed by atoms with Crippen LogP contribution in [0.15, 0.2) is 24.3 Å². The molecule has 0 aromatic heterocycles. The van der Waals surface area contributed by atoms with E-state index in [-0.39, 0.29) is 48.0 Å². The maximum atomic E-state index is 12.2. The highest BCUT2D eigenvalue weighted by Gasteiger charge is 2.30. The highest BCUT2D eigenvalue weighted by atomic mass is 16.5. The minimum atomic E-state index is -0.673. The number of hydrogen-bond acceptors (Lipinski definition) is 7. The lowest BCUT2D eigenvalue weighted by Crippen LogP contribution is -2.42. The molecule has 29 heavy (non-hydrogen) atoms. The van der Waals surface area contributed by atoms with Gasteiger partial charge in [0.05, 0.1) is 24.3 Å². The first kappa shape index (κ1) is 20.5. The molecule has 154 valence electrons. The summed E-state index contributed by atoms with van der Waals surface area (Å²) in [6.45, 7) is 0.415. The van der Waals surface area contributed by atoms with E-state index in [4.69, 9.17) is 9.47 Å². The molecule has 2 aliphatic heterocycles. The van der Waals surface area contributed by atoms with Gasteiger partial charge in [0.2, 0.25) is 11.8 Å². The Morgan fingerprint density at radius 1 is 1.00 bits per heavy atom. The van der Waals surface area contributed by atoms with E-state index in [1.165, 1.54) is 31.4 Å². The second kappa shape index (κ2) is 8.85. The van der Waals surface area contributed by atoms with Gasteiger partial charge in [0.15, 0.2) is 6.61 Å². The maximum Gasteiger partial charge on any atom is 0.338 e. The first-order valence-corrected chi connectivity index (χ1v) is 9.39. The number of methoxy groups -OCH3 is 1. The average molecular weight is 402 g/mol. The molecule has 2 fully saturated rings. The Morgan fingerprint density at radius 2 is 1.59 bits per heavy atom. The van der Waals surface area contributed by atoms with Gasteiger partial charge in [0.25, 0.3) is 5.91 Å². The van der Waals surface area contributed by atoms with Gasteiger partial charge in [0.1, 0.15) is 0 Å². The molecule has 0 aliphatic carbocycles. The maximum absolute atomic E-state index is 12.2. The normalized spacial score (nSPS) is 17.4. The Labute approximate surface area is 167 Å². The van der Waals surface area contributed by atoms with Gasteiger partial charge < -0.3 is 14.4 Å². The number of hydrogen-bond donors (Lipinski definition) is 0. The Kier molecular flexibility index (Phi) is 6.26. The highest BCUT2D eigenvalue weighted by molar-refractivity contribution is 6.19. The summed E-state index contributed by atoms with van der Waals surface area (Å²) in [7, 11) is 1.34. The molecule has 2 heterocycles. The number of ether oxygens (including phenoxy) is 2.